The molecule has 1 aliphatic rings. The lowest BCUT2D eigenvalue weighted by atomic mass is 10.0. The fourth-order valence-corrected chi connectivity index (χ4v) is 5.04. The van der Waals surface area contributed by atoms with Crippen LogP contribution >= 0.6 is 0 Å². The molecular formula is C29H27N7O2. The van der Waals surface area contributed by atoms with Crippen molar-refractivity contribution >= 4 is 45.1 Å². The maximum Gasteiger partial charge on any atom is 0.253 e. The molecule has 5 aromatic rings. The number of benzene rings is 2. The molecule has 0 aliphatic carbocycles. The van der Waals surface area contributed by atoms with Gasteiger partial charge in [0.25, 0.3) is 5.91 Å². The van der Waals surface area contributed by atoms with Gasteiger partial charge in [-0.2, -0.15) is 0 Å². The number of hydrogen-bond donors (Lipinski definition) is 2. The molecular weight excluding hydrogens is 478 g/mol. The Labute approximate surface area is 219 Å². The number of carbonyl (C=O) groups excluding carboxylic acids is 2. The van der Waals surface area contributed by atoms with Crippen LogP contribution in [0.1, 0.15) is 23.2 Å². The predicted octanol–water partition coefficient (Wildman–Crippen LogP) is 4.28. The molecule has 0 bridgehead atoms. The second-order valence-electron chi connectivity index (χ2n) is 9.68. The lowest BCUT2D eigenvalue weighted by molar-refractivity contribution is -0.132. The van der Waals surface area contributed by atoms with Crippen LogP contribution < -0.4 is 10.6 Å². The first kappa shape index (κ1) is 23.6. The third-order valence-corrected chi connectivity index (χ3v) is 7.08. The van der Waals surface area contributed by atoms with Gasteiger partial charge in [-0.05, 0) is 47.7 Å². The smallest absolute Gasteiger partial charge is 0.253 e. The molecule has 38 heavy (non-hydrogen) atoms. The number of aromatic nitrogens is 4. The van der Waals surface area contributed by atoms with Gasteiger partial charge in [0, 0.05) is 74.7 Å². The Kier molecular flexibility index (Phi) is 5.95. The highest BCUT2D eigenvalue weighted by Crippen LogP contribution is 2.33. The lowest BCUT2D eigenvalue weighted by Gasteiger charge is -2.30. The van der Waals surface area contributed by atoms with E-state index < -0.39 is 0 Å². The molecule has 3 aromatic heterocycles. The van der Waals surface area contributed by atoms with Crippen LogP contribution in [0.2, 0.25) is 0 Å². The third kappa shape index (κ3) is 4.43. The molecule has 0 radical (unpaired) electrons. The Balaban J connectivity index is 1.34. The number of likely N-dealkylation sites (tertiary alicyclic amines) is 1. The lowest BCUT2D eigenvalue weighted by Crippen LogP contribution is -2.48. The van der Waals surface area contributed by atoms with Crippen molar-refractivity contribution in [3.05, 3.63) is 79.0 Å². The molecule has 1 unspecified atom stereocenters. The summed E-state index contributed by atoms with van der Waals surface area (Å²) in [6.45, 7) is 0.497. The summed E-state index contributed by atoms with van der Waals surface area (Å²) in [7, 11) is 3.79. The fraction of sp³-hybridized carbons (Fsp3) is 0.207. The van der Waals surface area contributed by atoms with Gasteiger partial charge in [-0.15, -0.1) is 0 Å². The number of fused-ring (bicyclic) bond motifs is 2. The molecule has 2 aromatic carbocycles. The van der Waals surface area contributed by atoms with Gasteiger partial charge in [0.05, 0.1) is 28.5 Å². The standard InChI is InChI=1S/C29H27N7O2/c1-35-12-8-18-3-4-19(13-26(18)35)23-14-21(15-24-28(23)32-11-10-31-24)33-25-16-30-9-7-22(25)29(38)34-20-5-6-27(37)36(2)17-20/h3-4,7-16,20,33H,5-6,17H2,1-2H3,(H,34,38). The maximum absolute atomic E-state index is 13.2. The summed E-state index contributed by atoms with van der Waals surface area (Å²) in [6.07, 6.45) is 9.71. The zero-order valence-corrected chi connectivity index (χ0v) is 21.2. The summed E-state index contributed by atoms with van der Waals surface area (Å²) in [5.41, 5.74) is 6.45. The Hall–Kier alpha value is -4.79. The third-order valence-electron chi connectivity index (χ3n) is 7.08. The SMILES string of the molecule is CN1CC(NC(=O)c2ccncc2Nc2cc(-c3ccc4ccn(C)c4c3)c3nccnc3c2)CCC1=O. The number of likely N-dealkylation sites (N-methyl/N-ethyl adjacent to an activating group) is 1. The number of rotatable bonds is 5. The summed E-state index contributed by atoms with van der Waals surface area (Å²) >= 11 is 0. The zero-order chi connectivity index (χ0) is 26.2. The highest BCUT2D eigenvalue weighted by Gasteiger charge is 2.25. The van der Waals surface area contributed by atoms with E-state index >= 15 is 0 Å². The molecule has 1 fully saturated rings. The van der Waals surface area contributed by atoms with Crippen LogP contribution in [0.5, 0.6) is 0 Å². The van der Waals surface area contributed by atoms with E-state index in [9.17, 15) is 9.59 Å². The number of nitrogens with zero attached hydrogens (tertiary/aromatic N) is 5. The highest BCUT2D eigenvalue weighted by molar-refractivity contribution is 6.02. The summed E-state index contributed by atoms with van der Waals surface area (Å²) in [5, 5.41) is 7.63. The molecule has 6 rings (SSSR count). The van der Waals surface area contributed by atoms with Crippen LogP contribution in [0.25, 0.3) is 33.1 Å². The minimum Gasteiger partial charge on any atom is -0.354 e. The molecule has 2 N–H and O–H groups in total. The Morgan fingerprint density at radius 1 is 1.03 bits per heavy atom. The van der Waals surface area contributed by atoms with E-state index in [0.29, 0.717) is 30.6 Å². The van der Waals surface area contributed by atoms with Crippen LogP contribution in [0.4, 0.5) is 11.4 Å². The van der Waals surface area contributed by atoms with Gasteiger partial charge in [0.15, 0.2) is 0 Å². The Bertz CT molecular complexity index is 1690. The quantitative estimate of drug-likeness (QED) is 0.370. The molecule has 0 spiro atoms. The van der Waals surface area contributed by atoms with E-state index in [0.717, 1.165) is 33.4 Å². The van der Waals surface area contributed by atoms with Crippen molar-refractivity contribution in [2.24, 2.45) is 7.05 Å². The van der Waals surface area contributed by atoms with Gasteiger partial charge >= 0.3 is 0 Å². The van der Waals surface area contributed by atoms with Crippen LogP contribution in [0.3, 0.4) is 0 Å². The zero-order valence-electron chi connectivity index (χ0n) is 21.2. The molecule has 4 heterocycles. The van der Waals surface area contributed by atoms with Gasteiger partial charge in [-0.1, -0.05) is 12.1 Å². The predicted molar refractivity (Wildman–Crippen MR) is 147 cm³/mol. The number of anilines is 2. The average Bonchev–Trinajstić information content (AvgIpc) is 3.30. The molecule has 190 valence electrons. The summed E-state index contributed by atoms with van der Waals surface area (Å²) < 4.78 is 2.09. The first-order valence-corrected chi connectivity index (χ1v) is 12.5. The Morgan fingerprint density at radius 2 is 1.89 bits per heavy atom. The van der Waals surface area contributed by atoms with Crippen molar-refractivity contribution in [1.82, 2.24) is 29.7 Å². The topological polar surface area (TPSA) is 105 Å². The van der Waals surface area contributed by atoms with Gasteiger partial charge in [-0.3, -0.25) is 24.5 Å². The van der Waals surface area contributed by atoms with Gasteiger partial charge in [-0.25, -0.2) is 0 Å². The molecule has 1 atom stereocenters. The maximum atomic E-state index is 13.2. The highest BCUT2D eigenvalue weighted by atomic mass is 16.2. The number of piperidine rings is 1. The van der Waals surface area contributed by atoms with Crippen LogP contribution in [0.15, 0.2) is 73.4 Å². The van der Waals surface area contributed by atoms with E-state index in [1.54, 1.807) is 42.8 Å². The van der Waals surface area contributed by atoms with Crippen LogP contribution in [-0.4, -0.2) is 55.9 Å². The molecule has 1 aliphatic heterocycles. The van der Waals surface area contributed by atoms with E-state index in [1.807, 2.05) is 25.4 Å². The normalized spacial score (nSPS) is 15.7. The minimum atomic E-state index is -0.211. The number of aryl methyl sites for hydroxylation is 1. The van der Waals surface area contributed by atoms with E-state index in [2.05, 4.69) is 54.4 Å². The number of hydrogen-bond acceptors (Lipinski definition) is 6. The van der Waals surface area contributed by atoms with Crippen LogP contribution in [-0.2, 0) is 11.8 Å². The fourth-order valence-electron chi connectivity index (χ4n) is 5.04. The summed E-state index contributed by atoms with van der Waals surface area (Å²) in [6, 6.07) is 14.0. The number of carbonyl (C=O) groups is 2. The first-order valence-electron chi connectivity index (χ1n) is 12.5. The van der Waals surface area contributed by atoms with Crippen molar-refractivity contribution < 1.29 is 9.59 Å². The van der Waals surface area contributed by atoms with Crippen molar-refractivity contribution in [3.8, 4) is 11.1 Å². The molecule has 9 nitrogen and oxygen atoms in total. The number of amides is 2. The van der Waals surface area contributed by atoms with Crippen molar-refractivity contribution in [3.63, 3.8) is 0 Å². The Morgan fingerprint density at radius 3 is 2.76 bits per heavy atom. The molecule has 0 saturated carbocycles. The van der Waals surface area contributed by atoms with Gasteiger partial charge in [0.2, 0.25) is 5.91 Å². The van der Waals surface area contributed by atoms with E-state index in [1.165, 1.54) is 5.39 Å². The second kappa shape index (κ2) is 9.59. The summed E-state index contributed by atoms with van der Waals surface area (Å²) in [5.74, 6) is -0.110. The van der Waals surface area contributed by atoms with Crippen molar-refractivity contribution in [2.75, 3.05) is 18.9 Å². The average molecular weight is 506 g/mol. The molecule has 9 heteroatoms. The molecule has 2 amide bonds. The van der Waals surface area contributed by atoms with Crippen LogP contribution in [0, 0.1) is 0 Å². The first-order chi connectivity index (χ1) is 18.5. The van der Waals surface area contributed by atoms with Crippen molar-refractivity contribution in [2.45, 2.75) is 18.9 Å². The minimum absolute atomic E-state index is 0.0961. The van der Waals surface area contributed by atoms with Gasteiger partial charge < -0.3 is 20.1 Å². The number of nitrogens with one attached hydrogen (secondary N) is 2. The summed E-state index contributed by atoms with van der Waals surface area (Å²) in [4.78, 5) is 40.1. The largest absolute Gasteiger partial charge is 0.354 e. The van der Waals surface area contributed by atoms with E-state index in [4.69, 9.17) is 0 Å². The monoisotopic (exact) mass is 505 g/mol. The van der Waals surface area contributed by atoms with E-state index in [-0.39, 0.29) is 17.9 Å². The van der Waals surface area contributed by atoms with Gasteiger partial charge in [0.1, 0.15) is 0 Å². The molecule has 1 saturated heterocycles. The number of pyridine rings is 1. The van der Waals surface area contributed by atoms with Crippen molar-refractivity contribution in [1.29, 1.82) is 0 Å². The second-order valence-corrected chi connectivity index (χ2v) is 9.68.